The Morgan fingerprint density at radius 3 is 2.65 bits per heavy atom. The van der Waals surface area contributed by atoms with Crippen molar-refractivity contribution in [2.45, 2.75) is 47.2 Å². The van der Waals surface area contributed by atoms with Crippen LogP contribution in [0.2, 0.25) is 5.02 Å². The molecular formula is C14H24ClN3O2. The van der Waals surface area contributed by atoms with E-state index in [4.69, 9.17) is 16.3 Å². The summed E-state index contributed by atoms with van der Waals surface area (Å²) in [6.07, 6.45) is 0.969. The van der Waals surface area contributed by atoms with Crippen LogP contribution >= 0.6 is 11.6 Å². The highest BCUT2D eigenvalue weighted by Crippen LogP contribution is 2.21. The zero-order chi connectivity index (χ0) is 15.1. The molecule has 0 aliphatic carbocycles. The van der Waals surface area contributed by atoms with Gasteiger partial charge in [0.05, 0.1) is 29.6 Å². The fourth-order valence-electron chi connectivity index (χ4n) is 2.15. The zero-order valence-electron chi connectivity index (χ0n) is 12.8. The second kappa shape index (κ2) is 8.27. The Labute approximate surface area is 125 Å². The number of esters is 1. The van der Waals surface area contributed by atoms with Crippen LogP contribution in [-0.2, 0) is 22.6 Å². The highest BCUT2D eigenvalue weighted by molar-refractivity contribution is 6.31. The molecule has 6 heteroatoms. The van der Waals surface area contributed by atoms with Gasteiger partial charge in [-0.25, -0.2) is 0 Å². The average Bonchev–Trinajstić information content (AvgIpc) is 2.67. The van der Waals surface area contributed by atoms with Crippen LogP contribution in [0.25, 0.3) is 0 Å². The molecule has 114 valence electrons. The number of carbonyl (C=O) groups is 1. The van der Waals surface area contributed by atoms with Gasteiger partial charge in [0.25, 0.3) is 0 Å². The topological polar surface area (TPSA) is 47.4 Å². The molecule has 5 nitrogen and oxygen atoms in total. The lowest BCUT2D eigenvalue weighted by atomic mass is 10.3. The fourth-order valence-corrected chi connectivity index (χ4v) is 2.35. The van der Waals surface area contributed by atoms with Crippen LogP contribution < -0.4 is 0 Å². The first kappa shape index (κ1) is 17.0. The molecule has 1 heterocycles. The molecule has 0 unspecified atom stereocenters. The van der Waals surface area contributed by atoms with Crippen LogP contribution in [0.4, 0.5) is 0 Å². The maximum Gasteiger partial charge on any atom is 0.320 e. The third-order valence-corrected chi connectivity index (χ3v) is 3.52. The summed E-state index contributed by atoms with van der Waals surface area (Å²) in [4.78, 5) is 13.7. The maximum absolute atomic E-state index is 11.6. The second-order valence-electron chi connectivity index (χ2n) is 4.68. The van der Waals surface area contributed by atoms with Gasteiger partial charge in [-0.15, -0.1) is 0 Å². The minimum absolute atomic E-state index is 0.198. The molecular weight excluding hydrogens is 278 g/mol. The summed E-state index contributed by atoms with van der Waals surface area (Å²) in [5, 5.41) is 5.09. The maximum atomic E-state index is 11.6. The van der Waals surface area contributed by atoms with Gasteiger partial charge in [0.2, 0.25) is 0 Å². The average molecular weight is 302 g/mol. The van der Waals surface area contributed by atoms with E-state index >= 15 is 0 Å². The lowest BCUT2D eigenvalue weighted by Gasteiger charge is -2.21. The first-order valence-corrected chi connectivity index (χ1v) is 7.50. The Morgan fingerprint density at radius 2 is 2.10 bits per heavy atom. The molecule has 1 aromatic heterocycles. The first-order chi connectivity index (χ1) is 9.53. The van der Waals surface area contributed by atoms with Gasteiger partial charge in [-0.05, 0) is 33.7 Å². The van der Waals surface area contributed by atoms with Crippen molar-refractivity contribution >= 4 is 17.6 Å². The summed E-state index contributed by atoms with van der Waals surface area (Å²) in [5.74, 6) is -0.198. The van der Waals surface area contributed by atoms with Crippen molar-refractivity contribution in [3.8, 4) is 0 Å². The van der Waals surface area contributed by atoms with Gasteiger partial charge >= 0.3 is 5.97 Å². The van der Waals surface area contributed by atoms with E-state index in [-0.39, 0.29) is 12.5 Å². The van der Waals surface area contributed by atoms with Gasteiger partial charge in [-0.1, -0.05) is 18.5 Å². The Balaban J connectivity index is 2.82. The lowest BCUT2D eigenvalue weighted by Crippen LogP contribution is -2.32. The third-order valence-electron chi connectivity index (χ3n) is 3.02. The number of hydrogen-bond acceptors (Lipinski definition) is 4. The normalized spacial score (nSPS) is 11.1. The first-order valence-electron chi connectivity index (χ1n) is 7.13. The molecule has 0 fully saturated rings. The summed E-state index contributed by atoms with van der Waals surface area (Å²) in [7, 11) is 0. The van der Waals surface area contributed by atoms with E-state index in [9.17, 15) is 4.79 Å². The largest absolute Gasteiger partial charge is 0.465 e. The predicted octanol–water partition coefficient (Wildman–Crippen LogP) is 2.64. The molecule has 0 aliphatic heterocycles. The van der Waals surface area contributed by atoms with Gasteiger partial charge < -0.3 is 4.74 Å². The molecule has 0 saturated carbocycles. The molecule has 0 atom stereocenters. The number of rotatable bonds is 8. The molecule has 20 heavy (non-hydrogen) atoms. The van der Waals surface area contributed by atoms with Crippen molar-refractivity contribution in [1.82, 2.24) is 14.7 Å². The van der Waals surface area contributed by atoms with E-state index in [0.717, 1.165) is 30.9 Å². The monoisotopic (exact) mass is 301 g/mol. The van der Waals surface area contributed by atoms with Crippen molar-refractivity contribution in [3.63, 3.8) is 0 Å². The molecule has 1 aromatic rings. The van der Waals surface area contributed by atoms with E-state index in [1.165, 1.54) is 0 Å². The van der Waals surface area contributed by atoms with Crippen LogP contribution in [0.3, 0.4) is 0 Å². The fraction of sp³-hybridized carbons (Fsp3) is 0.714. The number of aromatic nitrogens is 2. The van der Waals surface area contributed by atoms with Crippen molar-refractivity contribution in [2.75, 3.05) is 19.7 Å². The predicted molar refractivity (Wildman–Crippen MR) is 79.8 cm³/mol. The minimum Gasteiger partial charge on any atom is -0.465 e. The number of nitrogens with zero attached hydrogens (tertiary/aromatic N) is 3. The Morgan fingerprint density at radius 1 is 1.40 bits per heavy atom. The SMILES string of the molecule is CCCN(CC(=O)OCC)Cc1c(Cl)c(C)nn1CC. The number of aryl methyl sites for hydroxylation is 2. The van der Waals surface area contributed by atoms with Crippen LogP contribution in [0, 0.1) is 6.92 Å². The summed E-state index contributed by atoms with van der Waals surface area (Å²) in [6, 6.07) is 0. The van der Waals surface area contributed by atoms with Crippen molar-refractivity contribution < 1.29 is 9.53 Å². The van der Waals surface area contributed by atoms with Crippen molar-refractivity contribution in [3.05, 3.63) is 16.4 Å². The van der Waals surface area contributed by atoms with Crippen LogP contribution in [0.15, 0.2) is 0 Å². The van der Waals surface area contributed by atoms with E-state index in [1.54, 1.807) is 0 Å². The number of ether oxygens (including phenoxy) is 1. The smallest absolute Gasteiger partial charge is 0.320 e. The van der Waals surface area contributed by atoms with Crippen LogP contribution in [0.5, 0.6) is 0 Å². The zero-order valence-corrected chi connectivity index (χ0v) is 13.5. The minimum atomic E-state index is -0.198. The number of carbonyl (C=O) groups excluding carboxylic acids is 1. The number of hydrogen-bond donors (Lipinski definition) is 0. The van der Waals surface area contributed by atoms with E-state index in [2.05, 4.69) is 12.0 Å². The molecule has 1 rings (SSSR count). The molecule has 0 spiro atoms. The van der Waals surface area contributed by atoms with E-state index < -0.39 is 0 Å². The van der Waals surface area contributed by atoms with Crippen molar-refractivity contribution in [2.24, 2.45) is 0 Å². The Bertz CT molecular complexity index is 446. The van der Waals surface area contributed by atoms with E-state index in [0.29, 0.717) is 18.2 Å². The standard InChI is InChI=1S/C14H24ClN3O2/c1-5-8-17(10-13(19)20-7-3)9-12-14(15)11(4)16-18(12)6-2/h5-10H2,1-4H3. The summed E-state index contributed by atoms with van der Waals surface area (Å²) in [5.41, 5.74) is 1.79. The number of halogens is 1. The van der Waals surface area contributed by atoms with E-state index in [1.807, 2.05) is 30.4 Å². The Hall–Kier alpha value is -1.07. The highest BCUT2D eigenvalue weighted by atomic mass is 35.5. The Kier molecular flexibility index (Phi) is 7.02. The van der Waals surface area contributed by atoms with Gasteiger partial charge in [-0.2, -0.15) is 5.10 Å². The van der Waals surface area contributed by atoms with Gasteiger partial charge in [0.15, 0.2) is 0 Å². The highest BCUT2D eigenvalue weighted by Gasteiger charge is 2.18. The van der Waals surface area contributed by atoms with Crippen LogP contribution in [0.1, 0.15) is 38.6 Å². The molecule has 0 N–H and O–H groups in total. The molecule has 0 saturated heterocycles. The van der Waals surface area contributed by atoms with Crippen molar-refractivity contribution in [1.29, 1.82) is 0 Å². The quantitative estimate of drug-likeness (QED) is 0.693. The molecule has 0 radical (unpaired) electrons. The molecule has 0 bridgehead atoms. The summed E-state index contributed by atoms with van der Waals surface area (Å²) < 4.78 is 6.91. The second-order valence-corrected chi connectivity index (χ2v) is 5.06. The molecule has 0 aliphatic rings. The molecule has 0 aromatic carbocycles. The van der Waals surface area contributed by atoms with Gasteiger partial charge in [-0.3, -0.25) is 14.4 Å². The summed E-state index contributed by atoms with van der Waals surface area (Å²) in [6.45, 7) is 10.7. The summed E-state index contributed by atoms with van der Waals surface area (Å²) >= 11 is 6.31. The van der Waals surface area contributed by atoms with Gasteiger partial charge in [0.1, 0.15) is 0 Å². The van der Waals surface area contributed by atoms with Crippen LogP contribution in [-0.4, -0.2) is 40.3 Å². The molecule has 0 amide bonds. The lowest BCUT2D eigenvalue weighted by molar-refractivity contribution is -0.144. The van der Waals surface area contributed by atoms with Gasteiger partial charge in [0, 0.05) is 13.1 Å². The third kappa shape index (κ3) is 4.49.